The van der Waals surface area contributed by atoms with Crippen molar-refractivity contribution in [2.75, 3.05) is 13.1 Å². The number of rotatable bonds is 3. The van der Waals surface area contributed by atoms with Crippen LogP contribution in [0.1, 0.15) is 69.1 Å². The lowest BCUT2D eigenvalue weighted by atomic mass is 9.95. The number of fused-ring (bicyclic) bond motifs is 1. The summed E-state index contributed by atoms with van der Waals surface area (Å²) in [5.41, 5.74) is 2.29. The monoisotopic (exact) mass is 344 g/mol. The number of aliphatic hydroxyl groups is 1. The second-order valence-electron chi connectivity index (χ2n) is 7.75. The number of likely N-dealkylation sites (tertiary alicyclic amines) is 1. The van der Waals surface area contributed by atoms with Crippen LogP contribution >= 0.6 is 0 Å². The van der Waals surface area contributed by atoms with Gasteiger partial charge in [-0.15, -0.1) is 0 Å². The van der Waals surface area contributed by atoms with Gasteiger partial charge in [-0.2, -0.15) is 5.10 Å². The van der Waals surface area contributed by atoms with Crippen LogP contribution in [0.3, 0.4) is 0 Å². The summed E-state index contributed by atoms with van der Waals surface area (Å²) in [6.45, 7) is 11.4. The zero-order chi connectivity index (χ0) is 18.3. The van der Waals surface area contributed by atoms with Gasteiger partial charge in [0.1, 0.15) is 0 Å². The van der Waals surface area contributed by atoms with Crippen LogP contribution in [0.4, 0.5) is 0 Å². The molecule has 2 aromatic heterocycles. The molecular weight excluding hydrogens is 316 g/mol. The van der Waals surface area contributed by atoms with Crippen molar-refractivity contribution in [2.45, 2.75) is 59.1 Å². The maximum absolute atomic E-state index is 13.2. The second kappa shape index (κ2) is 6.75. The Labute approximate surface area is 148 Å². The van der Waals surface area contributed by atoms with Crippen molar-refractivity contribution in [3.8, 4) is 0 Å². The van der Waals surface area contributed by atoms with E-state index in [2.05, 4.69) is 32.8 Å². The molecular formula is C19H28N4O2. The number of nitrogens with zero attached hydrogens (tertiary/aromatic N) is 4. The molecule has 2 aromatic rings. The van der Waals surface area contributed by atoms with Gasteiger partial charge in [-0.1, -0.05) is 20.8 Å². The zero-order valence-electron chi connectivity index (χ0n) is 15.7. The first-order valence-corrected chi connectivity index (χ1v) is 9.15. The largest absolute Gasteiger partial charge is 0.391 e. The van der Waals surface area contributed by atoms with Crippen LogP contribution in [0.25, 0.3) is 11.0 Å². The highest BCUT2D eigenvalue weighted by molar-refractivity contribution is 6.05. The molecule has 3 heterocycles. The minimum atomic E-state index is -0.460. The summed E-state index contributed by atoms with van der Waals surface area (Å²) in [5, 5.41) is 15.4. The minimum absolute atomic E-state index is 0.0384. The molecule has 6 heteroatoms. The molecule has 2 atom stereocenters. The molecule has 3 rings (SSSR count). The lowest BCUT2D eigenvalue weighted by molar-refractivity contribution is 0.0250. The molecule has 1 amide bonds. The maximum Gasteiger partial charge on any atom is 0.254 e. The third-order valence-electron chi connectivity index (χ3n) is 5.10. The SMILES string of the molecule is CC(C)c1cc(C(=O)N2CCC(C)C(O)C2)c2cnn(C(C)C)c2n1. The van der Waals surface area contributed by atoms with Crippen molar-refractivity contribution in [1.82, 2.24) is 19.7 Å². The van der Waals surface area contributed by atoms with E-state index in [0.29, 0.717) is 18.7 Å². The first-order valence-electron chi connectivity index (χ1n) is 9.15. The smallest absolute Gasteiger partial charge is 0.254 e. The van der Waals surface area contributed by atoms with Gasteiger partial charge in [0.05, 0.1) is 23.3 Å². The van der Waals surface area contributed by atoms with E-state index in [-0.39, 0.29) is 23.8 Å². The summed E-state index contributed by atoms with van der Waals surface area (Å²) in [7, 11) is 0. The van der Waals surface area contributed by atoms with Gasteiger partial charge in [0.15, 0.2) is 5.65 Å². The Morgan fingerprint density at radius 3 is 2.64 bits per heavy atom. The van der Waals surface area contributed by atoms with Crippen molar-refractivity contribution in [1.29, 1.82) is 0 Å². The zero-order valence-corrected chi connectivity index (χ0v) is 15.7. The molecule has 1 N–H and O–H groups in total. The predicted molar refractivity (Wildman–Crippen MR) is 97.7 cm³/mol. The summed E-state index contributed by atoms with van der Waals surface area (Å²) in [4.78, 5) is 19.7. The molecule has 1 aliphatic rings. The fraction of sp³-hybridized carbons (Fsp3) is 0.632. The van der Waals surface area contributed by atoms with Gasteiger partial charge in [-0.25, -0.2) is 9.67 Å². The van der Waals surface area contributed by atoms with E-state index < -0.39 is 6.10 Å². The Kier molecular flexibility index (Phi) is 4.82. The van der Waals surface area contributed by atoms with E-state index in [0.717, 1.165) is 23.1 Å². The molecule has 136 valence electrons. The molecule has 0 aromatic carbocycles. The van der Waals surface area contributed by atoms with E-state index in [1.54, 1.807) is 11.1 Å². The number of aliphatic hydroxyl groups excluding tert-OH is 1. The van der Waals surface area contributed by atoms with Gasteiger partial charge in [-0.3, -0.25) is 4.79 Å². The van der Waals surface area contributed by atoms with Crippen LogP contribution in [-0.2, 0) is 0 Å². The van der Waals surface area contributed by atoms with Crippen LogP contribution < -0.4 is 0 Å². The summed E-state index contributed by atoms with van der Waals surface area (Å²) in [6.07, 6.45) is 2.10. The summed E-state index contributed by atoms with van der Waals surface area (Å²) in [5.74, 6) is 0.415. The van der Waals surface area contributed by atoms with E-state index in [9.17, 15) is 9.90 Å². The average molecular weight is 344 g/mol. The minimum Gasteiger partial charge on any atom is -0.391 e. The number of β-amino-alcohol motifs (C(OH)–C–C–N with tert-alkyl or cyclic N) is 1. The molecule has 6 nitrogen and oxygen atoms in total. The lowest BCUT2D eigenvalue weighted by Crippen LogP contribution is -2.45. The molecule has 0 spiro atoms. The van der Waals surface area contributed by atoms with Crippen LogP contribution in [0.5, 0.6) is 0 Å². The topological polar surface area (TPSA) is 71.2 Å². The highest BCUT2D eigenvalue weighted by Gasteiger charge is 2.29. The lowest BCUT2D eigenvalue weighted by Gasteiger charge is -2.34. The summed E-state index contributed by atoms with van der Waals surface area (Å²) < 4.78 is 1.87. The van der Waals surface area contributed by atoms with Gasteiger partial charge in [0, 0.05) is 24.8 Å². The molecule has 0 aliphatic carbocycles. The van der Waals surface area contributed by atoms with Crippen LogP contribution in [0, 0.1) is 5.92 Å². The number of carbonyl (C=O) groups excluding carboxylic acids is 1. The standard InChI is InChI=1S/C19H28N4O2/c1-11(2)16-8-14(15-9-20-23(12(3)4)18(15)21-16)19(25)22-7-6-13(5)17(24)10-22/h8-9,11-13,17,24H,6-7,10H2,1-5H3. The Balaban J connectivity index is 2.06. The van der Waals surface area contributed by atoms with Crippen molar-refractivity contribution >= 4 is 16.9 Å². The number of hydrogen-bond acceptors (Lipinski definition) is 4. The molecule has 1 fully saturated rings. The quantitative estimate of drug-likeness (QED) is 0.929. The normalized spacial score (nSPS) is 21.5. The predicted octanol–water partition coefficient (Wildman–Crippen LogP) is 2.98. The van der Waals surface area contributed by atoms with E-state index >= 15 is 0 Å². The van der Waals surface area contributed by atoms with Crippen LogP contribution in [0.2, 0.25) is 0 Å². The Hall–Kier alpha value is -1.95. The number of aromatic nitrogens is 3. The summed E-state index contributed by atoms with van der Waals surface area (Å²) >= 11 is 0. The van der Waals surface area contributed by atoms with Crippen molar-refractivity contribution in [3.05, 3.63) is 23.5 Å². The Morgan fingerprint density at radius 1 is 1.32 bits per heavy atom. The number of pyridine rings is 1. The first-order chi connectivity index (χ1) is 11.8. The molecule has 0 saturated carbocycles. The van der Waals surface area contributed by atoms with E-state index in [4.69, 9.17) is 4.98 Å². The first kappa shape index (κ1) is 17.9. The fourth-order valence-electron chi connectivity index (χ4n) is 3.29. The highest BCUT2D eigenvalue weighted by Crippen LogP contribution is 2.27. The van der Waals surface area contributed by atoms with Gasteiger partial charge < -0.3 is 10.0 Å². The van der Waals surface area contributed by atoms with E-state index in [1.165, 1.54) is 0 Å². The van der Waals surface area contributed by atoms with Crippen LogP contribution in [0.15, 0.2) is 12.3 Å². The molecule has 0 radical (unpaired) electrons. The van der Waals surface area contributed by atoms with Crippen molar-refractivity contribution in [3.63, 3.8) is 0 Å². The molecule has 0 bridgehead atoms. The van der Waals surface area contributed by atoms with Crippen molar-refractivity contribution in [2.24, 2.45) is 5.92 Å². The molecule has 1 saturated heterocycles. The van der Waals surface area contributed by atoms with Crippen LogP contribution in [-0.4, -0.2) is 49.9 Å². The van der Waals surface area contributed by atoms with Gasteiger partial charge in [0.2, 0.25) is 0 Å². The third kappa shape index (κ3) is 3.27. The van der Waals surface area contributed by atoms with Crippen molar-refractivity contribution < 1.29 is 9.90 Å². The molecule has 2 unspecified atom stereocenters. The fourth-order valence-corrected chi connectivity index (χ4v) is 3.29. The number of amides is 1. The number of piperidine rings is 1. The number of hydrogen-bond donors (Lipinski definition) is 1. The molecule has 25 heavy (non-hydrogen) atoms. The maximum atomic E-state index is 13.2. The van der Waals surface area contributed by atoms with Gasteiger partial charge >= 0.3 is 0 Å². The van der Waals surface area contributed by atoms with Gasteiger partial charge in [0.25, 0.3) is 5.91 Å². The highest BCUT2D eigenvalue weighted by atomic mass is 16.3. The molecule has 1 aliphatic heterocycles. The number of carbonyl (C=O) groups is 1. The Bertz CT molecular complexity index is 781. The van der Waals surface area contributed by atoms with E-state index in [1.807, 2.05) is 17.7 Å². The third-order valence-corrected chi connectivity index (χ3v) is 5.10. The Morgan fingerprint density at radius 2 is 2.04 bits per heavy atom. The average Bonchev–Trinajstić information content (AvgIpc) is 3.00. The van der Waals surface area contributed by atoms with Gasteiger partial charge in [-0.05, 0) is 38.2 Å². The summed E-state index contributed by atoms with van der Waals surface area (Å²) in [6, 6.07) is 2.07. The second-order valence-corrected chi connectivity index (χ2v) is 7.75.